The van der Waals surface area contributed by atoms with E-state index >= 15 is 0 Å². The minimum atomic E-state index is -2.87. The monoisotopic (exact) mass is 642 g/mol. The summed E-state index contributed by atoms with van der Waals surface area (Å²) in [5, 5.41) is 11.1. The third-order valence-corrected chi connectivity index (χ3v) is 8.89. The fourth-order valence-electron chi connectivity index (χ4n) is 6.51. The number of ether oxygens (including phenoxy) is 1. The summed E-state index contributed by atoms with van der Waals surface area (Å²) in [4.78, 5) is 29.9. The first kappa shape index (κ1) is 31.1. The number of carbonyl (C=O) groups excluding carboxylic acids is 2. The minimum absolute atomic E-state index is 0.00647. The highest BCUT2D eigenvalue weighted by molar-refractivity contribution is 5.96. The number of nitrogens with two attached hydrogens (primary N) is 1. The maximum absolute atomic E-state index is 14.1. The summed E-state index contributed by atoms with van der Waals surface area (Å²) in [7, 11) is 0. The normalized spacial score (nSPS) is 21.4. The molecule has 0 unspecified atom stereocenters. The first-order valence-corrected chi connectivity index (χ1v) is 14.9. The molecule has 3 aliphatic rings. The predicted molar refractivity (Wildman–Crippen MR) is 144 cm³/mol. The lowest BCUT2D eigenvalue weighted by Gasteiger charge is -2.34. The predicted octanol–water partition coefficient (Wildman–Crippen LogP) is 5.42. The molecule has 45 heavy (non-hydrogen) atoms. The summed E-state index contributed by atoms with van der Waals surface area (Å²) in [6, 6.07) is 1.31. The third-order valence-electron chi connectivity index (χ3n) is 8.89. The van der Waals surface area contributed by atoms with Gasteiger partial charge >= 0.3 is 0 Å². The first-order chi connectivity index (χ1) is 21.3. The summed E-state index contributed by atoms with van der Waals surface area (Å²) in [6.45, 7) is -1.07. The number of hydrogen-bond donors (Lipinski definition) is 2. The van der Waals surface area contributed by atoms with Gasteiger partial charge in [0.2, 0.25) is 17.8 Å². The summed E-state index contributed by atoms with van der Waals surface area (Å²) < 4.78 is 92.3. The highest BCUT2D eigenvalue weighted by Crippen LogP contribution is 2.47. The first-order valence-electron chi connectivity index (χ1n) is 14.9. The van der Waals surface area contributed by atoms with Crippen LogP contribution >= 0.6 is 0 Å². The highest BCUT2D eigenvalue weighted by Gasteiger charge is 2.46. The van der Waals surface area contributed by atoms with Gasteiger partial charge in [-0.15, -0.1) is 0 Å². The molecule has 10 nitrogen and oxygen atoms in total. The van der Waals surface area contributed by atoms with Crippen molar-refractivity contribution in [2.45, 2.75) is 88.0 Å². The number of fused-ring (bicyclic) bond motifs is 1. The number of rotatable bonds is 12. The standard InChI is InChI=1S/C29H32F6N6O4/c30-19(31)13-44-27-23(26(36)43)25(45-40-27)22(15-3-5-28(32,33)6-4-15)18-12-41-20(38-18)8-17(11-37-41)24(16-1-2-16)39-21(42)7-14-9-29(34,35)10-14/h8,11-12,14-16,19,22,24H,1-7,9-10,13H2,(H2,36,43)(H,39,42)/t22-,24+/m0/s1. The van der Waals surface area contributed by atoms with Crippen molar-refractivity contribution in [1.29, 1.82) is 0 Å². The maximum Gasteiger partial charge on any atom is 0.272 e. The number of halogens is 6. The number of hydrogen-bond acceptors (Lipinski definition) is 7. The summed E-state index contributed by atoms with van der Waals surface area (Å²) in [5.74, 6) is -9.24. The molecule has 3 aliphatic carbocycles. The van der Waals surface area contributed by atoms with Crippen molar-refractivity contribution in [1.82, 2.24) is 25.1 Å². The average Bonchev–Trinajstić information content (AvgIpc) is 3.56. The highest BCUT2D eigenvalue weighted by atomic mass is 19.3. The maximum atomic E-state index is 14.1. The van der Waals surface area contributed by atoms with Gasteiger partial charge in [0.15, 0.2) is 18.0 Å². The van der Waals surface area contributed by atoms with E-state index in [0.717, 1.165) is 12.8 Å². The van der Waals surface area contributed by atoms with E-state index in [9.17, 15) is 35.9 Å². The number of amides is 2. The quantitative estimate of drug-likeness (QED) is 0.252. The molecule has 244 valence electrons. The van der Waals surface area contributed by atoms with Crippen LogP contribution in [0.2, 0.25) is 0 Å². The molecule has 0 aromatic carbocycles. The second kappa shape index (κ2) is 11.8. The van der Waals surface area contributed by atoms with Crippen LogP contribution in [0.25, 0.3) is 5.65 Å². The fourth-order valence-corrected chi connectivity index (χ4v) is 6.51. The molecule has 3 saturated carbocycles. The molecule has 2 amide bonds. The molecule has 16 heteroatoms. The molecule has 0 saturated heterocycles. The van der Waals surface area contributed by atoms with E-state index in [0.29, 0.717) is 16.9 Å². The lowest BCUT2D eigenvalue weighted by molar-refractivity contribution is -0.134. The molecule has 2 atom stereocenters. The Morgan fingerprint density at radius 2 is 1.80 bits per heavy atom. The minimum Gasteiger partial charge on any atom is -0.469 e. The van der Waals surface area contributed by atoms with Gasteiger partial charge in [-0.25, -0.2) is 35.8 Å². The van der Waals surface area contributed by atoms with Gasteiger partial charge < -0.3 is 20.3 Å². The zero-order chi connectivity index (χ0) is 32.1. The van der Waals surface area contributed by atoms with Crippen LogP contribution in [0.4, 0.5) is 26.3 Å². The molecule has 6 rings (SSSR count). The van der Waals surface area contributed by atoms with Gasteiger partial charge in [-0.2, -0.15) is 5.10 Å². The van der Waals surface area contributed by atoms with Crippen molar-refractivity contribution in [3.05, 3.63) is 41.0 Å². The molecule has 3 fully saturated rings. The van der Waals surface area contributed by atoms with E-state index in [4.69, 9.17) is 15.0 Å². The molecule has 0 bridgehead atoms. The van der Waals surface area contributed by atoms with E-state index in [1.807, 2.05) is 0 Å². The second-order valence-electron chi connectivity index (χ2n) is 12.4. The zero-order valence-corrected chi connectivity index (χ0v) is 24.0. The van der Waals surface area contributed by atoms with Gasteiger partial charge in [0, 0.05) is 32.1 Å². The molecular formula is C29H32F6N6O4. The summed E-state index contributed by atoms with van der Waals surface area (Å²) in [6.07, 6.45) is 0.618. The van der Waals surface area contributed by atoms with Crippen LogP contribution in [-0.4, -0.2) is 56.4 Å². The van der Waals surface area contributed by atoms with Gasteiger partial charge in [-0.1, -0.05) is 0 Å². The molecule has 0 radical (unpaired) electrons. The van der Waals surface area contributed by atoms with Crippen LogP contribution in [-0.2, 0) is 4.79 Å². The Hall–Kier alpha value is -3.85. The van der Waals surface area contributed by atoms with Crippen molar-refractivity contribution in [3.8, 4) is 5.88 Å². The van der Waals surface area contributed by atoms with Crippen molar-refractivity contribution < 1.29 is 45.2 Å². The second-order valence-corrected chi connectivity index (χ2v) is 12.4. The molecule has 3 heterocycles. The Labute approximate surface area is 253 Å². The molecule has 3 aromatic rings. The van der Waals surface area contributed by atoms with E-state index in [2.05, 4.69) is 20.6 Å². The number of nitrogens with one attached hydrogen (secondary N) is 1. The van der Waals surface area contributed by atoms with Crippen LogP contribution in [0.5, 0.6) is 5.88 Å². The average molecular weight is 643 g/mol. The number of primary amides is 1. The smallest absolute Gasteiger partial charge is 0.272 e. The zero-order valence-electron chi connectivity index (χ0n) is 24.0. The molecule has 0 aliphatic heterocycles. The molecule has 0 spiro atoms. The number of carbonyl (C=O) groups is 2. The number of alkyl halides is 6. The van der Waals surface area contributed by atoms with Gasteiger partial charge in [-0.05, 0) is 60.2 Å². The number of nitrogens with zero attached hydrogens (tertiary/aromatic N) is 4. The topological polar surface area (TPSA) is 138 Å². The van der Waals surface area contributed by atoms with E-state index in [-0.39, 0.29) is 61.2 Å². The Morgan fingerprint density at radius 1 is 1.09 bits per heavy atom. The Morgan fingerprint density at radius 3 is 2.42 bits per heavy atom. The van der Waals surface area contributed by atoms with Crippen LogP contribution < -0.4 is 15.8 Å². The Balaban J connectivity index is 1.30. The SMILES string of the molecule is NC(=O)c1c(OCC(F)F)noc1[C@H](c1cn2ncc([C@H](NC(=O)CC3CC(F)(F)C3)C3CC3)cc2n1)C1CCC(F)(F)CC1. The van der Waals surface area contributed by atoms with Crippen LogP contribution in [0, 0.1) is 17.8 Å². The van der Waals surface area contributed by atoms with Crippen molar-refractivity contribution in [3.63, 3.8) is 0 Å². The Bertz CT molecular complexity index is 1560. The van der Waals surface area contributed by atoms with E-state index < -0.39 is 67.4 Å². The van der Waals surface area contributed by atoms with Gasteiger partial charge in [0.1, 0.15) is 5.56 Å². The van der Waals surface area contributed by atoms with E-state index in [1.165, 1.54) is 4.52 Å². The lowest BCUT2D eigenvalue weighted by atomic mass is 9.75. The lowest BCUT2D eigenvalue weighted by Crippen LogP contribution is -2.39. The van der Waals surface area contributed by atoms with Gasteiger partial charge in [-0.3, -0.25) is 9.59 Å². The van der Waals surface area contributed by atoms with Crippen molar-refractivity contribution in [2.24, 2.45) is 23.5 Å². The number of aromatic nitrogens is 4. The number of imidazole rings is 1. The van der Waals surface area contributed by atoms with Crippen LogP contribution in [0.15, 0.2) is 23.0 Å². The molecule has 3 N–H and O–H groups in total. The van der Waals surface area contributed by atoms with Crippen molar-refractivity contribution >= 4 is 17.5 Å². The molecule has 3 aromatic heterocycles. The van der Waals surface area contributed by atoms with Gasteiger partial charge in [0.05, 0.1) is 30.0 Å². The van der Waals surface area contributed by atoms with Crippen LogP contribution in [0.1, 0.15) is 97.1 Å². The van der Waals surface area contributed by atoms with E-state index in [1.54, 1.807) is 18.5 Å². The van der Waals surface area contributed by atoms with Gasteiger partial charge in [0.25, 0.3) is 18.2 Å². The summed E-state index contributed by atoms with van der Waals surface area (Å²) >= 11 is 0. The largest absolute Gasteiger partial charge is 0.469 e. The van der Waals surface area contributed by atoms with Crippen molar-refractivity contribution in [2.75, 3.05) is 6.61 Å². The fraction of sp³-hybridized carbons (Fsp3) is 0.621. The Kier molecular flexibility index (Phi) is 8.18. The summed E-state index contributed by atoms with van der Waals surface area (Å²) in [5.41, 5.74) is 6.51. The van der Waals surface area contributed by atoms with Crippen LogP contribution in [0.3, 0.4) is 0 Å². The third kappa shape index (κ3) is 6.88. The molecular weight excluding hydrogens is 610 g/mol.